The molecule has 0 spiro atoms. The Morgan fingerprint density at radius 1 is 1.14 bits per heavy atom. The number of imidazole rings is 1. The third kappa shape index (κ3) is 8.69. The maximum Gasteiger partial charge on any atom is 0.490 e. The Labute approximate surface area is 220 Å². The molecule has 0 aliphatic heterocycles. The number of unbranched alkanes of at least 4 members (excludes halogenated alkanes) is 3. The maximum atomic E-state index is 10.6. The SMILES string of the molecule is CCCCCCSc1cccc(-c2nc3cc(C)ccn3c2NC2CCCCC2)c1.O=C(O)C(F)(F)F. The first-order valence-electron chi connectivity index (χ1n) is 13.0. The number of aromatic nitrogens is 2. The fraction of sp³-hybridized carbons (Fsp3) is 0.500. The van der Waals surface area contributed by atoms with Crippen molar-refractivity contribution in [3.63, 3.8) is 0 Å². The van der Waals surface area contributed by atoms with E-state index in [0.717, 1.165) is 17.2 Å². The molecule has 3 aromatic rings. The summed E-state index contributed by atoms with van der Waals surface area (Å²) in [7, 11) is 0. The van der Waals surface area contributed by atoms with Gasteiger partial charge in [-0.05, 0) is 61.8 Å². The van der Waals surface area contributed by atoms with E-state index in [9.17, 15) is 13.2 Å². The summed E-state index contributed by atoms with van der Waals surface area (Å²) in [6.07, 6.45) is 8.89. The number of anilines is 1. The molecule has 1 fully saturated rings. The summed E-state index contributed by atoms with van der Waals surface area (Å²) >= 11 is 1.98. The highest BCUT2D eigenvalue weighted by molar-refractivity contribution is 7.99. The first kappa shape index (κ1) is 28.9. The number of hydrogen-bond acceptors (Lipinski definition) is 4. The second kappa shape index (κ2) is 13.7. The van der Waals surface area contributed by atoms with E-state index in [2.05, 4.69) is 66.2 Å². The molecule has 0 radical (unpaired) electrons. The van der Waals surface area contributed by atoms with Crippen LogP contribution in [-0.2, 0) is 4.79 Å². The van der Waals surface area contributed by atoms with E-state index in [1.165, 1.54) is 79.6 Å². The van der Waals surface area contributed by atoms with Gasteiger partial charge in [0.2, 0.25) is 0 Å². The van der Waals surface area contributed by atoms with Crippen LogP contribution in [0.25, 0.3) is 16.9 Å². The molecule has 37 heavy (non-hydrogen) atoms. The van der Waals surface area contributed by atoms with Crippen LogP contribution in [0.2, 0.25) is 0 Å². The first-order valence-corrected chi connectivity index (χ1v) is 14.0. The van der Waals surface area contributed by atoms with E-state index in [4.69, 9.17) is 14.9 Å². The molecule has 9 heteroatoms. The van der Waals surface area contributed by atoms with Gasteiger partial charge >= 0.3 is 12.1 Å². The van der Waals surface area contributed by atoms with Gasteiger partial charge in [0.05, 0.1) is 0 Å². The summed E-state index contributed by atoms with van der Waals surface area (Å²) < 4.78 is 34.0. The van der Waals surface area contributed by atoms with Crippen molar-refractivity contribution in [2.24, 2.45) is 0 Å². The predicted octanol–water partition coefficient (Wildman–Crippen LogP) is 8.36. The third-order valence-corrected chi connectivity index (χ3v) is 7.42. The first-order chi connectivity index (χ1) is 17.7. The van der Waals surface area contributed by atoms with E-state index in [0.29, 0.717) is 6.04 Å². The van der Waals surface area contributed by atoms with Crippen molar-refractivity contribution in [1.29, 1.82) is 0 Å². The molecule has 0 bridgehead atoms. The molecular formula is C28H36F3N3O2S. The lowest BCUT2D eigenvalue weighted by Gasteiger charge is -2.24. The molecule has 0 unspecified atom stereocenters. The van der Waals surface area contributed by atoms with Crippen LogP contribution in [0.1, 0.15) is 70.3 Å². The Morgan fingerprint density at radius 2 is 1.86 bits per heavy atom. The summed E-state index contributed by atoms with van der Waals surface area (Å²) in [6.45, 7) is 4.41. The molecule has 2 heterocycles. The number of fused-ring (bicyclic) bond motifs is 1. The summed E-state index contributed by atoms with van der Waals surface area (Å²) in [6, 6.07) is 13.9. The summed E-state index contributed by atoms with van der Waals surface area (Å²) in [5, 5.41) is 11.0. The minimum absolute atomic E-state index is 0.551. The smallest absolute Gasteiger partial charge is 0.475 e. The van der Waals surface area contributed by atoms with Gasteiger partial charge in [0, 0.05) is 22.7 Å². The average molecular weight is 536 g/mol. The number of aliphatic carboxylic acids is 1. The van der Waals surface area contributed by atoms with Crippen LogP contribution in [0.5, 0.6) is 0 Å². The van der Waals surface area contributed by atoms with Crippen molar-refractivity contribution in [2.45, 2.75) is 88.7 Å². The van der Waals surface area contributed by atoms with Crippen molar-refractivity contribution < 1.29 is 23.1 Å². The minimum atomic E-state index is -5.08. The quantitative estimate of drug-likeness (QED) is 0.213. The van der Waals surface area contributed by atoms with Crippen molar-refractivity contribution in [3.05, 3.63) is 48.2 Å². The molecule has 0 atom stereocenters. The zero-order valence-electron chi connectivity index (χ0n) is 21.5. The number of nitrogens with zero attached hydrogens (tertiary/aromatic N) is 2. The van der Waals surface area contributed by atoms with Crippen molar-refractivity contribution >= 4 is 29.2 Å². The van der Waals surface area contributed by atoms with Gasteiger partial charge in [-0.3, -0.25) is 4.40 Å². The molecular weight excluding hydrogens is 499 g/mol. The number of benzene rings is 1. The van der Waals surface area contributed by atoms with Crippen LogP contribution < -0.4 is 5.32 Å². The van der Waals surface area contributed by atoms with Crippen LogP contribution >= 0.6 is 11.8 Å². The summed E-state index contributed by atoms with van der Waals surface area (Å²) in [4.78, 5) is 15.3. The van der Waals surface area contributed by atoms with Crippen molar-refractivity contribution in [2.75, 3.05) is 11.1 Å². The molecule has 0 saturated heterocycles. The van der Waals surface area contributed by atoms with Gasteiger partial charge in [0.15, 0.2) is 0 Å². The normalized spacial score (nSPS) is 14.3. The molecule has 1 aliphatic rings. The highest BCUT2D eigenvalue weighted by Gasteiger charge is 2.38. The number of halogens is 3. The molecule has 1 aliphatic carbocycles. The van der Waals surface area contributed by atoms with Gasteiger partial charge in [-0.15, -0.1) is 11.8 Å². The number of rotatable bonds is 9. The maximum absolute atomic E-state index is 10.6. The molecule has 2 aromatic heterocycles. The van der Waals surface area contributed by atoms with E-state index >= 15 is 0 Å². The standard InChI is InChI=1S/C26H35N3S.C2HF3O2/c1-3-4-5-9-17-30-23-14-10-11-21(19-23)25-26(27-22-12-7-6-8-13-22)29-16-15-20(2)18-24(29)28-25;3-2(4,5)1(6)7/h10-11,14-16,18-19,22,27H,3-9,12-13,17H2,1-2H3;(H,6,7). The van der Waals surface area contributed by atoms with Crippen LogP contribution in [0.3, 0.4) is 0 Å². The van der Waals surface area contributed by atoms with E-state index in [1.807, 2.05) is 11.8 Å². The number of carbonyl (C=O) groups is 1. The Morgan fingerprint density at radius 3 is 2.54 bits per heavy atom. The van der Waals surface area contributed by atoms with Crippen LogP contribution in [0, 0.1) is 6.92 Å². The Balaban J connectivity index is 0.000000479. The van der Waals surface area contributed by atoms with Crippen LogP contribution in [0.15, 0.2) is 47.5 Å². The lowest BCUT2D eigenvalue weighted by molar-refractivity contribution is -0.192. The number of carboxylic acid groups (broad SMARTS) is 1. The van der Waals surface area contributed by atoms with Gasteiger partial charge in [0.25, 0.3) is 0 Å². The van der Waals surface area contributed by atoms with E-state index in [-0.39, 0.29) is 0 Å². The Hall–Kier alpha value is -2.68. The topological polar surface area (TPSA) is 66.6 Å². The summed E-state index contributed by atoms with van der Waals surface area (Å²) in [5.41, 5.74) is 4.58. The number of pyridine rings is 1. The number of carboxylic acids is 1. The van der Waals surface area contributed by atoms with Gasteiger partial charge in [-0.25, -0.2) is 9.78 Å². The van der Waals surface area contributed by atoms with E-state index in [1.54, 1.807) is 0 Å². The van der Waals surface area contributed by atoms with Gasteiger partial charge in [-0.1, -0.05) is 57.6 Å². The van der Waals surface area contributed by atoms with Crippen LogP contribution in [0.4, 0.5) is 19.0 Å². The van der Waals surface area contributed by atoms with Crippen molar-refractivity contribution in [1.82, 2.24) is 9.38 Å². The van der Waals surface area contributed by atoms with Crippen molar-refractivity contribution in [3.8, 4) is 11.3 Å². The largest absolute Gasteiger partial charge is 0.490 e. The molecule has 4 rings (SSSR count). The predicted molar refractivity (Wildman–Crippen MR) is 144 cm³/mol. The molecule has 2 N–H and O–H groups in total. The third-order valence-electron chi connectivity index (χ3n) is 6.34. The summed E-state index contributed by atoms with van der Waals surface area (Å²) in [5.74, 6) is -0.407. The molecule has 1 saturated carbocycles. The minimum Gasteiger partial charge on any atom is -0.475 e. The molecule has 5 nitrogen and oxygen atoms in total. The van der Waals surface area contributed by atoms with Crippen LogP contribution in [-0.4, -0.2) is 38.4 Å². The second-order valence-electron chi connectivity index (χ2n) is 9.46. The molecule has 0 amide bonds. The zero-order chi connectivity index (χ0) is 26.8. The van der Waals surface area contributed by atoms with Gasteiger partial charge < -0.3 is 10.4 Å². The highest BCUT2D eigenvalue weighted by atomic mass is 32.2. The number of nitrogens with one attached hydrogen (secondary N) is 1. The van der Waals surface area contributed by atoms with E-state index < -0.39 is 12.1 Å². The second-order valence-corrected chi connectivity index (χ2v) is 10.6. The highest BCUT2D eigenvalue weighted by Crippen LogP contribution is 2.34. The number of thioether (sulfide) groups is 1. The fourth-order valence-electron chi connectivity index (χ4n) is 4.38. The number of aryl methyl sites for hydroxylation is 1. The monoisotopic (exact) mass is 535 g/mol. The zero-order valence-corrected chi connectivity index (χ0v) is 22.3. The molecule has 1 aromatic carbocycles. The average Bonchev–Trinajstić information content (AvgIpc) is 3.21. The molecule has 202 valence electrons. The fourth-order valence-corrected chi connectivity index (χ4v) is 5.35. The number of alkyl halides is 3. The van der Waals surface area contributed by atoms with Gasteiger partial charge in [0.1, 0.15) is 17.2 Å². The number of hydrogen-bond donors (Lipinski definition) is 2. The lowest BCUT2D eigenvalue weighted by atomic mass is 9.95. The Kier molecular flexibility index (Phi) is 10.7. The van der Waals surface area contributed by atoms with Gasteiger partial charge in [-0.2, -0.15) is 13.2 Å². The Bertz CT molecular complexity index is 1160. The lowest BCUT2D eigenvalue weighted by Crippen LogP contribution is -2.23.